The quantitative estimate of drug-likeness (QED) is 0.911. The van der Waals surface area contributed by atoms with Crippen molar-refractivity contribution in [2.24, 2.45) is 5.73 Å². The highest BCUT2D eigenvalue weighted by Gasteiger charge is 2.35. The Kier molecular flexibility index (Phi) is 4.24. The molecule has 0 bridgehead atoms. The third-order valence-electron chi connectivity index (χ3n) is 4.28. The largest absolute Gasteiger partial charge is 0.322 e. The first kappa shape index (κ1) is 14.8. The van der Waals surface area contributed by atoms with E-state index in [0.29, 0.717) is 12.2 Å². The molecule has 1 fully saturated rings. The molecule has 0 aliphatic heterocycles. The van der Waals surface area contributed by atoms with Crippen LogP contribution in [-0.2, 0) is 11.3 Å². The van der Waals surface area contributed by atoms with Gasteiger partial charge < -0.3 is 11.1 Å². The van der Waals surface area contributed by atoms with Crippen LogP contribution in [0.5, 0.6) is 0 Å². The lowest BCUT2D eigenvalue weighted by Gasteiger charge is -2.31. The zero-order chi connectivity index (χ0) is 15.4. The maximum atomic E-state index is 12.4. The minimum atomic E-state index is -0.722. The van der Waals surface area contributed by atoms with Crippen LogP contribution in [0.1, 0.15) is 37.7 Å². The van der Waals surface area contributed by atoms with Gasteiger partial charge in [0.05, 0.1) is 24.0 Å². The van der Waals surface area contributed by atoms with Crippen LogP contribution < -0.4 is 11.1 Å². The van der Waals surface area contributed by atoms with Crippen LogP contribution in [-0.4, -0.2) is 21.2 Å². The summed E-state index contributed by atoms with van der Waals surface area (Å²) >= 11 is 0. The molecule has 1 aromatic carbocycles. The van der Waals surface area contributed by atoms with Gasteiger partial charge in [0.15, 0.2) is 0 Å². The number of nitrogens with two attached hydrogens (primary N) is 1. The second-order valence-corrected chi connectivity index (χ2v) is 6.08. The fraction of sp³-hybridized carbons (Fsp3) is 0.412. The second-order valence-electron chi connectivity index (χ2n) is 6.08. The average molecular weight is 298 g/mol. The number of anilines is 1. The predicted octanol–water partition coefficient (Wildman–Crippen LogP) is 2.53. The first-order chi connectivity index (χ1) is 10.7. The Labute approximate surface area is 130 Å². The van der Waals surface area contributed by atoms with Gasteiger partial charge in [0.1, 0.15) is 0 Å². The highest BCUT2D eigenvalue weighted by Crippen LogP contribution is 2.27. The summed E-state index contributed by atoms with van der Waals surface area (Å²) in [4.78, 5) is 12.4. The van der Waals surface area contributed by atoms with Crippen molar-refractivity contribution in [3.63, 3.8) is 0 Å². The van der Waals surface area contributed by atoms with Gasteiger partial charge in [-0.25, -0.2) is 0 Å². The lowest BCUT2D eigenvalue weighted by atomic mass is 9.82. The van der Waals surface area contributed by atoms with E-state index in [0.717, 1.165) is 25.7 Å². The number of nitrogens with zero attached hydrogens (tertiary/aromatic N) is 2. The van der Waals surface area contributed by atoms with Gasteiger partial charge >= 0.3 is 0 Å². The van der Waals surface area contributed by atoms with Gasteiger partial charge in [-0.15, -0.1) is 0 Å². The van der Waals surface area contributed by atoms with E-state index in [-0.39, 0.29) is 5.91 Å². The SMILES string of the molecule is NC1(C(=O)Nc2cnn(Cc3ccccc3)c2)CCCCC1. The Morgan fingerprint density at radius 3 is 2.68 bits per heavy atom. The molecule has 1 amide bonds. The van der Waals surface area contributed by atoms with Crippen LogP contribution >= 0.6 is 0 Å². The maximum absolute atomic E-state index is 12.4. The molecular formula is C17H22N4O. The first-order valence-electron chi connectivity index (χ1n) is 7.82. The fourth-order valence-corrected chi connectivity index (χ4v) is 2.95. The van der Waals surface area contributed by atoms with Crippen molar-refractivity contribution in [1.82, 2.24) is 9.78 Å². The zero-order valence-corrected chi connectivity index (χ0v) is 12.7. The molecule has 1 saturated carbocycles. The molecule has 1 aliphatic rings. The summed E-state index contributed by atoms with van der Waals surface area (Å²) in [7, 11) is 0. The second kappa shape index (κ2) is 6.32. The van der Waals surface area contributed by atoms with E-state index < -0.39 is 5.54 Å². The Morgan fingerprint density at radius 1 is 1.23 bits per heavy atom. The molecule has 0 unspecified atom stereocenters. The van der Waals surface area contributed by atoms with Crippen LogP contribution in [0.4, 0.5) is 5.69 Å². The highest BCUT2D eigenvalue weighted by atomic mass is 16.2. The Hall–Kier alpha value is -2.14. The van der Waals surface area contributed by atoms with Gasteiger partial charge in [-0.2, -0.15) is 5.10 Å². The summed E-state index contributed by atoms with van der Waals surface area (Å²) in [6, 6.07) is 10.1. The number of rotatable bonds is 4. The number of hydrogen-bond acceptors (Lipinski definition) is 3. The molecule has 22 heavy (non-hydrogen) atoms. The van der Waals surface area contributed by atoms with Gasteiger partial charge in [0.2, 0.25) is 5.91 Å². The predicted molar refractivity (Wildman–Crippen MR) is 86.4 cm³/mol. The molecule has 0 saturated heterocycles. The van der Waals surface area contributed by atoms with E-state index in [1.165, 1.54) is 12.0 Å². The number of nitrogens with one attached hydrogen (secondary N) is 1. The molecule has 1 heterocycles. The van der Waals surface area contributed by atoms with Crippen molar-refractivity contribution in [3.05, 3.63) is 48.3 Å². The number of amides is 1. The Bertz CT molecular complexity index is 629. The van der Waals surface area contributed by atoms with E-state index in [2.05, 4.69) is 22.5 Å². The number of hydrogen-bond donors (Lipinski definition) is 2. The van der Waals surface area contributed by atoms with Crippen LogP contribution in [0.15, 0.2) is 42.7 Å². The average Bonchev–Trinajstić information content (AvgIpc) is 2.96. The van der Waals surface area contributed by atoms with Crippen molar-refractivity contribution in [2.75, 3.05) is 5.32 Å². The van der Waals surface area contributed by atoms with Gasteiger partial charge in [0, 0.05) is 6.20 Å². The molecule has 1 aliphatic carbocycles. The molecule has 5 nitrogen and oxygen atoms in total. The fourth-order valence-electron chi connectivity index (χ4n) is 2.95. The van der Waals surface area contributed by atoms with Crippen molar-refractivity contribution < 1.29 is 4.79 Å². The zero-order valence-electron chi connectivity index (χ0n) is 12.7. The monoisotopic (exact) mass is 298 g/mol. The molecular weight excluding hydrogens is 276 g/mol. The molecule has 0 radical (unpaired) electrons. The van der Waals surface area contributed by atoms with E-state index in [1.54, 1.807) is 6.20 Å². The summed E-state index contributed by atoms with van der Waals surface area (Å²) in [5, 5.41) is 7.20. The standard InChI is InChI=1S/C17H22N4O/c18-17(9-5-2-6-10-17)16(22)20-15-11-19-21(13-15)12-14-7-3-1-4-8-14/h1,3-4,7-8,11,13H,2,5-6,9-10,12,18H2,(H,20,22). The minimum absolute atomic E-state index is 0.0912. The smallest absolute Gasteiger partial charge is 0.244 e. The normalized spacial score (nSPS) is 17.1. The van der Waals surface area contributed by atoms with Gasteiger partial charge in [-0.3, -0.25) is 9.48 Å². The van der Waals surface area contributed by atoms with Crippen molar-refractivity contribution >= 4 is 11.6 Å². The number of benzene rings is 1. The Morgan fingerprint density at radius 2 is 1.95 bits per heavy atom. The van der Waals surface area contributed by atoms with E-state index in [1.807, 2.05) is 29.1 Å². The maximum Gasteiger partial charge on any atom is 0.244 e. The number of carbonyl (C=O) groups is 1. The number of carbonyl (C=O) groups excluding carboxylic acids is 1. The van der Waals surface area contributed by atoms with Crippen LogP contribution in [0.3, 0.4) is 0 Å². The summed E-state index contributed by atoms with van der Waals surface area (Å²) < 4.78 is 1.81. The van der Waals surface area contributed by atoms with Crippen LogP contribution in [0.2, 0.25) is 0 Å². The van der Waals surface area contributed by atoms with Crippen LogP contribution in [0.25, 0.3) is 0 Å². The van der Waals surface area contributed by atoms with Crippen molar-refractivity contribution in [2.45, 2.75) is 44.2 Å². The number of aromatic nitrogens is 2. The van der Waals surface area contributed by atoms with E-state index >= 15 is 0 Å². The lowest BCUT2D eigenvalue weighted by molar-refractivity contribution is -0.122. The lowest BCUT2D eigenvalue weighted by Crippen LogP contribution is -2.52. The molecule has 1 aromatic heterocycles. The summed E-state index contributed by atoms with van der Waals surface area (Å²) in [6.07, 6.45) is 8.26. The molecule has 2 aromatic rings. The van der Waals surface area contributed by atoms with Crippen molar-refractivity contribution in [1.29, 1.82) is 0 Å². The minimum Gasteiger partial charge on any atom is -0.322 e. The molecule has 0 atom stereocenters. The van der Waals surface area contributed by atoms with Gasteiger partial charge in [-0.1, -0.05) is 49.6 Å². The Balaban J connectivity index is 1.63. The molecule has 3 N–H and O–H groups in total. The summed E-state index contributed by atoms with van der Waals surface area (Å²) in [5.41, 5.74) is 7.40. The van der Waals surface area contributed by atoms with E-state index in [9.17, 15) is 4.79 Å². The van der Waals surface area contributed by atoms with E-state index in [4.69, 9.17) is 5.73 Å². The molecule has 0 spiro atoms. The molecule has 116 valence electrons. The molecule has 5 heteroatoms. The van der Waals surface area contributed by atoms with Gasteiger partial charge in [-0.05, 0) is 18.4 Å². The highest BCUT2D eigenvalue weighted by molar-refractivity contribution is 5.97. The van der Waals surface area contributed by atoms with Crippen molar-refractivity contribution in [3.8, 4) is 0 Å². The van der Waals surface area contributed by atoms with Gasteiger partial charge in [0.25, 0.3) is 0 Å². The van der Waals surface area contributed by atoms with Crippen LogP contribution in [0, 0.1) is 0 Å². The third kappa shape index (κ3) is 3.36. The third-order valence-corrected chi connectivity index (χ3v) is 4.28. The first-order valence-corrected chi connectivity index (χ1v) is 7.82. The summed E-state index contributed by atoms with van der Waals surface area (Å²) in [5.74, 6) is -0.0912. The topological polar surface area (TPSA) is 72.9 Å². The molecule has 3 rings (SSSR count). The summed E-state index contributed by atoms with van der Waals surface area (Å²) in [6.45, 7) is 0.685.